The van der Waals surface area contributed by atoms with Crippen LogP contribution in [0.1, 0.15) is 31.2 Å². The molecular weight excluding hydrogens is 250 g/mol. The molecule has 1 fully saturated rings. The molecule has 5 heteroatoms. The number of nitrogens with one attached hydrogen (secondary N) is 2. The van der Waals surface area contributed by atoms with Gasteiger partial charge in [0.1, 0.15) is 0 Å². The quantitative estimate of drug-likeness (QED) is 0.565. The number of rotatable bonds is 5. The highest BCUT2D eigenvalue weighted by Crippen LogP contribution is 2.23. The maximum atomic E-state index is 5.88. The first kappa shape index (κ1) is 13.8. The molecule has 1 unspecified atom stereocenters. The molecule has 1 aliphatic rings. The first-order chi connectivity index (χ1) is 8.69. The highest BCUT2D eigenvalue weighted by molar-refractivity contribution is 6.30. The van der Waals surface area contributed by atoms with Crippen molar-refractivity contribution in [3.8, 4) is 0 Å². The second-order valence-corrected chi connectivity index (χ2v) is 5.21. The van der Waals surface area contributed by atoms with Crippen LogP contribution in [0.5, 0.6) is 0 Å². The predicted molar refractivity (Wildman–Crippen MR) is 73.1 cm³/mol. The summed E-state index contributed by atoms with van der Waals surface area (Å²) in [5.74, 6) is 5.83. The molecule has 1 aromatic carbocycles. The van der Waals surface area contributed by atoms with Crippen molar-refractivity contribution >= 4 is 11.6 Å². The Morgan fingerprint density at radius 2 is 2.22 bits per heavy atom. The Morgan fingerprint density at radius 3 is 2.83 bits per heavy atom. The Morgan fingerprint density at radius 1 is 1.50 bits per heavy atom. The fourth-order valence-corrected chi connectivity index (χ4v) is 2.32. The molecule has 0 spiro atoms. The molecule has 0 aliphatic carbocycles. The normalized spacial score (nSPS) is 25.3. The minimum absolute atomic E-state index is 0.208. The standard InChI is InChI=1S/C13H20ClN3O/c1-9(10-3-5-11(14)6-4-10)2-7-12-8-18-13(16-12)17-15/h3-6,9,12-13,16-17H,2,7-8,15H2,1H3/t9-,12-,13?/m0/s1. The van der Waals surface area contributed by atoms with E-state index in [4.69, 9.17) is 22.2 Å². The lowest BCUT2D eigenvalue weighted by atomic mass is 9.94. The fourth-order valence-electron chi connectivity index (χ4n) is 2.19. The zero-order chi connectivity index (χ0) is 13.0. The van der Waals surface area contributed by atoms with Crippen LogP contribution >= 0.6 is 11.6 Å². The van der Waals surface area contributed by atoms with Crippen molar-refractivity contribution in [2.24, 2.45) is 5.84 Å². The topological polar surface area (TPSA) is 59.3 Å². The SMILES string of the molecule is C[C@@H](CC[C@H]1COC(NN)N1)c1ccc(Cl)cc1. The summed E-state index contributed by atoms with van der Waals surface area (Å²) in [7, 11) is 0. The Hall–Kier alpha value is -0.650. The smallest absolute Gasteiger partial charge is 0.176 e. The van der Waals surface area contributed by atoms with E-state index in [2.05, 4.69) is 29.8 Å². The Bertz CT molecular complexity index is 371. The van der Waals surface area contributed by atoms with Crippen molar-refractivity contribution in [2.45, 2.75) is 38.1 Å². The van der Waals surface area contributed by atoms with Crippen LogP contribution in [-0.2, 0) is 4.74 Å². The van der Waals surface area contributed by atoms with Gasteiger partial charge in [-0.1, -0.05) is 30.7 Å². The van der Waals surface area contributed by atoms with Crippen LogP contribution in [0.4, 0.5) is 0 Å². The lowest BCUT2D eigenvalue weighted by Crippen LogP contribution is -2.45. The van der Waals surface area contributed by atoms with Gasteiger partial charge in [-0.05, 0) is 36.5 Å². The molecule has 0 aromatic heterocycles. The summed E-state index contributed by atoms with van der Waals surface area (Å²) >= 11 is 5.88. The van der Waals surface area contributed by atoms with Gasteiger partial charge in [0.2, 0.25) is 0 Å². The van der Waals surface area contributed by atoms with Crippen LogP contribution in [0.3, 0.4) is 0 Å². The second kappa shape index (κ2) is 6.50. The molecule has 0 saturated carbocycles. The van der Waals surface area contributed by atoms with Crippen LogP contribution in [-0.4, -0.2) is 19.0 Å². The van der Waals surface area contributed by atoms with Crippen molar-refractivity contribution in [3.63, 3.8) is 0 Å². The summed E-state index contributed by atoms with van der Waals surface area (Å²) < 4.78 is 5.40. The van der Waals surface area contributed by atoms with Crippen molar-refractivity contribution in [1.82, 2.24) is 10.7 Å². The van der Waals surface area contributed by atoms with Gasteiger partial charge in [0.25, 0.3) is 0 Å². The summed E-state index contributed by atoms with van der Waals surface area (Å²) in [6.45, 7) is 2.94. The molecule has 4 N–H and O–H groups in total. The highest BCUT2D eigenvalue weighted by Gasteiger charge is 2.23. The van der Waals surface area contributed by atoms with E-state index in [1.807, 2.05) is 12.1 Å². The molecule has 0 radical (unpaired) electrons. The minimum Gasteiger partial charge on any atom is -0.347 e. The van der Waals surface area contributed by atoms with Gasteiger partial charge >= 0.3 is 0 Å². The summed E-state index contributed by atoms with van der Waals surface area (Å²) in [5, 5.41) is 4.06. The number of hydrazine groups is 1. The monoisotopic (exact) mass is 269 g/mol. The first-order valence-corrected chi connectivity index (χ1v) is 6.66. The van der Waals surface area contributed by atoms with Crippen LogP contribution in [0.15, 0.2) is 24.3 Å². The first-order valence-electron chi connectivity index (χ1n) is 6.28. The van der Waals surface area contributed by atoms with Crippen LogP contribution < -0.4 is 16.6 Å². The van der Waals surface area contributed by atoms with E-state index < -0.39 is 0 Å². The number of benzene rings is 1. The molecule has 2 rings (SSSR count). The predicted octanol–water partition coefficient (Wildman–Crippen LogP) is 1.96. The third-order valence-corrected chi connectivity index (χ3v) is 3.64. The molecule has 1 aromatic rings. The van der Waals surface area contributed by atoms with E-state index in [0.29, 0.717) is 18.6 Å². The minimum atomic E-state index is -0.208. The van der Waals surface area contributed by atoms with E-state index >= 15 is 0 Å². The Labute approximate surface area is 113 Å². The lowest BCUT2D eigenvalue weighted by molar-refractivity contribution is 0.0732. The third kappa shape index (κ3) is 3.67. The van der Waals surface area contributed by atoms with Gasteiger partial charge < -0.3 is 4.74 Å². The molecule has 100 valence electrons. The van der Waals surface area contributed by atoms with Gasteiger partial charge in [-0.15, -0.1) is 0 Å². The molecule has 1 saturated heterocycles. The fraction of sp³-hybridized carbons (Fsp3) is 0.538. The zero-order valence-electron chi connectivity index (χ0n) is 10.5. The molecule has 4 nitrogen and oxygen atoms in total. The zero-order valence-corrected chi connectivity index (χ0v) is 11.3. The van der Waals surface area contributed by atoms with Gasteiger partial charge in [-0.2, -0.15) is 0 Å². The van der Waals surface area contributed by atoms with E-state index in [-0.39, 0.29) is 6.35 Å². The number of ether oxygens (including phenoxy) is 1. The average molecular weight is 270 g/mol. The van der Waals surface area contributed by atoms with Crippen LogP contribution in [0.2, 0.25) is 5.02 Å². The summed E-state index contributed by atoms with van der Waals surface area (Å²) in [5.41, 5.74) is 3.90. The van der Waals surface area contributed by atoms with Gasteiger partial charge in [-0.3, -0.25) is 11.2 Å². The highest BCUT2D eigenvalue weighted by atomic mass is 35.5. The largest absolute Gasteiger partial charge is 0.347 e. The second-order valence-electron chi connectivity index (χ2n) is 4.77. The molecule has 0 bridgehead atoms. The molecule has 1 aliphatic heterocycles. The van der Waals surface area contributed by atoms with Gasteiger partial charge in [0.15, 0.2) is 6.35 Å². The Kier molecular flexibility index (Phi) is 4.97. The summed E-state index contributed by atoms with van der Waals surface area (Å²) in [6, 6.07) is 8.45. The van der Waals surface area contributed by atoms with E-state index in [9.17, 15) is 0 Å². The number of hydrogen-bond donors (Lipinski definition) is 3. The average Bonchev–Trinajstić information content (AvgIpc) is 2.85. The third-order valence-electron chi connectivity index (χ3n) is 3.39. The van der Waals surface area contributed by atoms with Crippen molar-refractivity contribution in [2.75, 3.05) is 6.61 Å². The maximum absolute atomic E-state index is 5.88. The van der Waals surface area contributed by atoms with Crippen molar-refractivity contribution in [3.05, 3.63) is 34.9 Å². The summed E-state index contributed by atoms with van der Waals surface area (Å²) in [4.78, 5) is 0. The van der Waals surface area contributed by atoms with Gasteiger partial charge in [0.05, 0.1) is 6.61 Å². The van der Waals surface area contributed by atoms with E-state index in [0.717, 1.165) is 17.9 Å². The van der Waals surface area contributed by atoms with E-state index in [1.165, 1.54) is 5.56 Å². The van der Waals surface area contributed by atoms with Crippen LogP contribution in [0.25, 0.3) is 0 Å². The molecule has 0 amide bonds. The number of hydrogen-bond acceptors (Lipinski definition) is 4. The number of nitrogens with two attached hydrogens (primary N) is 1. The lowest BCUT2D eigenvalue weighted by Gasteiger charge is -2.15. The number of halogens is 1. The maximum Gasteiger partial charge on any atom is 0.176 e. The van der Waals surface area contributed by atoms with E-state index in [1.54, 1.807) is 0 Å². The summed E-state index contributed by atoms with van der Waals surface area (Å²) in [6.07, 6.45) is 1.97. The van der Waals surface area contributed by atoms with Crippen molar-refractivity contribution < 1.29 is 4.74 Å². The molecular formula is C13H20ClN3O. The van der Waals surface area contributed by atoms with Gasteiger partial charge in [-0.25, -0.2) is 5.43 Å². The van der Waals surface area contributed by atoms with Crippen molar-refractivity contribution in [1.29, 1.82) is 0 Å². The van der Waals surface area contributed by atoms with Gasteiger partial charge in [0, 0.05) is 11.1 Å². The molecule has 3 atom stereocenters. The molecule has 18 heavy (non-hydrogen) atoms. The van der Waals surface area contributed by atoms with Crippen LogP contribution in [0, 0.1) is 0 Å². The molecule has 1 heterocycles. The Balaban J connectivity index is 1.78.